The average Bonchev–Trinajstić information content (AvgIpc) is 2.58. The van der Waals surface area contributed by atoms with E-state index in [0.29, 0.717) is 12.0 Å². The first-order chi connectivity index (χ1) is 10.0. The van der Waals surface area contributed by atoms with Crippen LogP contribution in [0.1, 0.15) is 47.1 Å². The highest BCUT2D eigenvalue weighted by molar-refractivity contribution is 5.46. The average molecular weight is 284 g/mol. The van der Waals surface area contributed by atoms with Crippen LogP contribution in [0.5, 0.6) is 0 Å². The Hall–Kier alpha value is -1.67. The second-order valence-electron chi connectivity index (χ2n) is 6.16. The van der Waals surface area contributed by atoms with Crippen LogP contribution < -0.4 is 0 Å². The Labute approximate surface area is 125 Å². The van der Waals surface area contributed by atoms with Gasteiger partial charge in [-0.05, 0) is 67.9 Å². The van der Waals surface area contributed by atoms with Gasteiger partial charge in [0.15, 0.2) is 0 Å². The molecule has 1 unspecified atom stereocenters. The number of hydrogen-bond acceptors (Lipinski definition) is 1. The third kappa shape index (κ3) is 2.38. The maximum absolute atomic E-state index is 14.6. The zero-order chi connectivity index (χ0) is 15.0. The van der Waals surface area contributed by atoms with Gasteiger partial charge in [-0.2, -0.15) is 0 Å². The molecule has 3 rings (SSSR count). The molecular weight excluding hydrogens is 263 g/mol. The summed E-state index contributed by atoms with van der Waals surface area (Å²) < 4.78 is 14.6. The molecule has 21 heavy (non-hydrogen) atoms. The van der Waals surface area contributed by atoms with Crippen molar-refractivity contribution in [3.8, 4) is 0 Å². The summed E-state index contributed by atoms with van der Waals surface area (Å²) in [6.45, 7) is 3.77. The summed E-state index contributed by atoms with van der Waals surface area (Å²) in [5.41, 5.74) is 2.95. The van der Waals surface area contributed by atoms with Crippen LogP contribution in [0.4, 0.5) is 4.39 Å². The van der Waals surface area contributed by atoms with E-state index < -0.39 is 5.60 Å². The van der Waals surface area contributed by atoms with Crippen molar-refractivity contribution in [1.29, 1.82) is 0 Å². The Morgan fingerprint density at radius 2 is 1.86 bits per heavy atom. The van der Waals surface area contributed by atoms with Crippen molar-refractivity contribution in [2.75, 3.05) is 0 Å². The largest absolute Gasteiger partial charge is 0.380 e. The van der Waals surface area contributed by atoms with E-state index in [2.05, 4.69) is 0 Å². The molecule has 2 aromatic carbocycles. The molecule has 0 heterocycles. The summed E-state index contributed by atoms with van der Waals surface area (Å²) in [6, 6.07) is 11.4. The van der Waals surface area contributed by atoms with E-state index in [1.807, 2.05) is 44.2 Å². The van der Waals surface area contributed by atoms with E-state index in [9.17, 15) is 9.50 Å². The molecule has 110 valence electrons. The van der Waals surface area contributed by atoms with Crippen LogP contribution in [0.3, 0.4) is 0 Å². The molecule has 0 saturated heterocycles. The third-order valence-electron chi connectivity index (χ3n) is 4.54. The Balaban J connectivity index is 2.25. The van der Waals surface area contributed by atoms with Gasteiger partial charge >= 0.3 is 0 Å². The smallest absolute Gasteiger partial charge is 0.130 e. The summed E-state index contributed by atoms with van der Waals surface area (Å²) >= 11 is 0. The van der Waals surface area contributed by atoms with E-state index >= 15 is 0 Å². The molecule has 0 amide bonds. The van der Waals surface area contributed by atoms with Crippen molar-refractivity contribution >= 4 is 0 Å². The molecule has 0 saturated carbocycles. The SMILES string of the molecule is Cc1cc(C)c(C2(O)CCCCc3ccccc32)c(F)c1. The second-order valence-corrected chi connectivity index (χ2v) is 6.16. The molecule has 0 fully saturated rings. The molecule has 0 bridgehead atoms. The Morgan fingerprint density at radius 3 is 2.62 bits per heavy atom. The normalized spacial score (nSPS) is 21.7. The van der Waals surface area contributed by atoms with E-state index in [4.69, 9.17) is 0 Å². The lowest BCUT2D eigenvalue weighted by Gasteiger charge is -2.31. The summed E-state index contributed by atoms with van der Waals surface area (Å²) in [5, 5.41) is 11.4. The molecule has 1 aliphatic carbocycles. The highest BCUT2D eigenvalue weighted by atomic mass is 19.1. The fourth-order valence-electron chi connectivity index (χ4n) is 3.67. The topological polar surface area (TPSA) is 20.2 Å². The minimum Gasteiger partial charge on any atom is -0.380 e. The van der Waals surface area contributed by atoms with Gasteiger partial charge in [-0.15, -0.1) is 0 Å². The van der Waals surface area contributed by atoms with Gasteiger partial charge in [0.05, 0.1) is 0 Å². The number of halogens is 1. The molecule has 1 N–H and O–H groups in total. The van der Waals surface area contributed by atoms with Gasteiger partial charge in [0, 0.05) is 5.56 Å². The van der Waals surface area contributed by atoms with Crippen molar-refractivity contribution in [2.45, 2.75) is 45.1 Å². The molecule has 2 aromatic rings. The number of fused-ring (bicyclic) bond motifs is 1. The monoisotopic (exact) mass is 284 g/mol. The van der Waals surface area contributed by atoms with Crippen LogP contribution in [0.2, 0.25) is 0 Å². The summed E-state index contributed by atoms with van der Waals surface area (Å²) in [5.74, 6) is -0.299. The van der Waals surface area contributed by atoms with E-state index in [1.54, 1.807) is 0 Å². The minimum atomic E-state index is -1.21. The quantitative estimate of drug-likeness (QED) is 0.769. The lowest BCUT2D eigenvalue weighted by Crippen LogP contribution is -2.30. The molecule has 1 nitrogen and oxygen atoms in total. The highest BCUT2D eigenvalue weighted by Crippen LogP contribution is 2.42. The molecule has 0 radical (unpaired) electrons. The third-order valence-corrected chi connectivity index (χ3v) is 4.54. The summed E-state index contributed by atoms with van der Waals surface area (Å²) in [4.78, 5) is 0. The fraction of sp³-hybridized carbons (Fsp3) is 0.368. The minimum absolute atomic E-state index is 0.299. The first-order valence-corrected chi connectivity index (χ1v) is 7.60. The van der Waals surface area contributed by atoms with Crippen LogP contribution in [0.15, 0.2) is 36.4 Å². The standard InChI is InChI=1S/C19H21FO/c1-13-11-14(2)18(17(20)12-13)19(21)10-6-5-8-15-7-3-4-9-16(15)19/h3-4,7,9,11-12,21H,5-6,8,10H2,1-2H3. The highest BCUT2D eigenvalue weighted by Gasteiger charge is 2.38. The van der Waals surface area contributed by atoms with Crippen molar-refractivity contribution in [1.82, 2.24) is 0 Å². The number of hydrogen-bond donors (Lipinski definition) is 1. The first-order valence-electron chi connectivity index (χ1n) is 7.60. The molecule has 0 aliphatic heterocycles. The lowest BCUT2D eigenvalue weighted by molar-refractivity contribution is 0.0659. The Kier molecular flexibility index (Phi) is 3.58. The molecule has 0 aromatic heterocycles. The van der Waals surface area contributed by atoms with Crippen LogP contribution in [0, 0.1) is 19.7 Å². The molecule has 1 atom stereocenters. The first kappa shape index (κ1) is 14.3. The van der Waals surface area contributed by atoms with E-state index in [-0.39, 0.29) is 5.82 Å². The van der Waals surface area contributed by atoms with E-state index in [0.717, 1.165) is 41.5 Å². The van der Waals surface area contributed by atoms with Gasteiger partial charge in [-0.25, -0.2) is 4.39 Å². The number of aryl methyl sites for hydroxylation is 3. The van der Waals surface area contributed by atoms with Crippen molar-refractivity contribution in [3.63, 3.8) is 0 Å². The van der Waals surface area contributed by atoms with Gasteiger partial charge in [0.2, 0.25) is 0 Å². The van der Waals surface area contributed by atoms with E-state index in [1.165, 1.54) is 6.07 Å². The second kappa shape index (κ2) is 5.27. The number of benzene rings is 2. The zero-order valence-corrected chi connectivity index (χ0v) is 12.6. The summed E-state index contributed by atoms with van der Waals surface area (Å²) in [7, 11) is 0. The zero-order valence-electron chi connectivity index (χ0n) is 12.6. The van der Waals surface area contributed by atoms with Crippen LogP contribution in [0.25, 0.3) is 0 Å². The van der Waals surface area contributed by atoms with Gasteiger partial charge in [-0.1, -0.05) is 30.3 Å². The molecule has 1 aliphatic rings. The number of aliphatic hydroxyl groups is 1. The molecular formula is C19H21FO. The Bertz CT molecular complexity index is 654. The van der Waals surface area contributed by atoms with Crippen LogP contribution in [-0.4, -0.2) is 5.11 Å². The maximum atomic E-state index is 14.6. The predicted molar refractivity (Wildman–Crippen MR) is 82.9 cm³/mol. The predicted octanol–water partition coefficient (Wildman–Crippen LogP) is 4.40. The summed E-state index contributed by atoms with van der Waals surface area (Å²) in [6.07, 6.45) is 3.46. The van der Waals surface area contributed by atoms with Crippen molar-refractivity contribution in [3.05, 3.63) is 70.0 Å². The molecule has 0 spiro atoms. The molecule has 2 heteroatoms. The number of rotatable bonds is 1. The van der Waals surface area contributed by atoms with Gasteiger partial charge in [0.25, 0.3) is 0 Å². The lowest BCUT2D eigenvalue weighted by atomic mass is 9.79. The Morgan fingerprint density at radius 1 is 1.10 bits per heavy atom. The fourth-order valence-corrected chi connectivity index (χ4v) is 3.67. The maximum Gasteiger partial charge on any atom is 0.130 e. The van der Waals surface area contributed by atoms with Gasteiger partial charge < -0.3 is 5.11 Å². The van der Waals surface area contributed by atoms with Crippen LogP contribution >= 0.6 is 0 Å². The van der Waals surface area contributed by atoms with Crippen LogP contribution in [-0.2, 0) is 12.0 Å². The van der Waals surface area contributed by atoms with Gasteiger partial charge in [0.1, 0.15) is 11.4 Å². The van der Waals surface area contributed by atoms with Crippen molar-refractivity contribution in [2.24, 2.45) is 0 Å². The van der Waals surface area contributed by atoms with Crippen molar-refractivity contribution < 1.29 is 9.50 Å². The van der Waals surface area contributed by atoms with Gasteiger partial charge in [-0.3, -0.25) is 0 Å².